The van der Waals surface area contributed by atoms with Crippen LogP contribution in [0.25, 0.3) is 0 Å². The van der Waals surface area contributed by atoms with Crippen molar-refractivity contribution in [1.82, 2.24) is 5.32 Å². The van der Waals surface area contributed by atoms with Crippen LogP contribution in [-0.2, 0) is 24.1 Å². The molecule has 0 bridgehead atoms. The number of sulfone groups is 1. The number of benzene rings is 1. The van der Waals surface area contributed by atoms with Gasteiger partial charge in [-0.25, -0.2) is 13.2 Å². The van der Waals surface area contributed by atoms with Gasteiger partial charge in [0, 0.05) is 18.8 Å². The van der Waals surface area contributed by atoms with E-state index in [1.165, 1.54) is 0 Å². The zero-order chi connectivity index (χ0) is 18.7. The standard InChI is InChI=1S/C18H23NO6S/c1-12-15(11-26(22,23)14-5-3-2-4-6-14)16(7-8-20)25-17(12)9-13-10-19-18(21)24-13/h2-6,8,12-13,15-17H,7,9-11H2,1H3,(H,19,21)/t12-,13+,15-,16+,17?/m1/s1. The molecule has 0 aliphatic carbocycles. The van der Waals surface area contributed by atoms with Crippen LogP contribution in [0.1, 0.15) is 19.8 Å². The smallest absolute Gasteiger partial charge is 0.407 e. The Morgan fingerprint density at radius 2 is 1.96 bits per heavy atom. The number of hydrogen-bond donors (Lipinski definition) is 1. The molecule has 2 aliphatic rings. The van der Waals surface area contributed by atoms with E-state index < -0.39 is 22.0 Å². The minimum Gasteiger partial charge on any atom is -0.444 e. The summed E-state index contributed by atoms with van der Waals surface area (Å²) in [7, 11) is -3.48. The number of carbonyl (C=O) groups excluding carboxylic acids is 2. The van der Waals surface area contributed by atoms with Gasteiger partial charge in [-0.3, -0.25) is 0 Å². The van der Waals surface area contributed by atoms with Crippen LogP contribution in [0.3, 0.4) is 0 Å². The predicted molar refractivity (Wildman–Crippen MR) is 93.4 cm³/mol. The molecular formula is C18H23NO6S. The van der Waals surface area contributed by atoms with Crippen LogP contribution < -0.4 is 5.32 Å². The lowest BCUT2D eigenvalue weighted by Crippen LogP contribution is -2.29. The van der Waals surface area contributed by atoms with Crippen molar-refractivity contribution in [3.63, 3.8) is 0 Å². The first-order chi connectivity index (χ1) is 12.4. The minimum absolute atomic E-state index is 0.0715. The third kappa shape index (κ3) is 4.07. The first-order valence-corrected chi connectivity index (χ1v) is 10.4. The molecule has 5 atom stereocenters. The van der Waals surface area contributed by atoms with E-state index in [4.69, 9.17) is 9.47 Å². The molecule has 1 aromatic rings. The quantitative estimate of drug-likeness (QED) is 0.720. The molecule has 1 N–H and O–H groups in total. The summed E-state index contributed by atoms with van der Waals surface area (Å²) in [5.41, 5.74) is 0. The fraction of sp³-hybridized carbons (Fsp3) is 0.556. The van der Waals surface area contributed by atoms with Crippen LogP contribution >= 0.6 is 0 Å². The van der Waals surface area contributed by atoms with Crippen molar-refractivity contribution in [2.45, 2.75) is 43.0 Å². The van der Waals surface area contributed by atoms with Crippen LogP contribution in [0, 0.1) is 11.8 Å². The van der Waals surface area contributed by atoms with Crippen molar-refractivity contribution < 1.29 is 27.5 Å². The lowest BCUT2D eigenvalue weighted by atomic mass is 9.87. The van der Waals surface area contributed by atoms with Gasteiger partial charge in [0.15, 0.2) is 9.84 Å². The van der Waals surface area contributed by atoms with Gasteiger partial charge in [0.05, 0.1) is 29.4 Å². The van der Waals surface area contributed by atoms with Gasteiger partial charge in [0.25, 0.3) is 0 Å². The lowest BCUT2D eigenvalue weighted by molar-refractivity contribution is -0.110. The number of aldehydes is 1. The van der Waals surface area contributed by atoms with Crippen LogP contribution in [0.5, 0.6) is 0 Å². The van der Waals surface area contributed by atoms with Crippen LogP contribution in [0.4, 0.5) is 4.79 Å². The molecule has 0 spiro atoms. The van der Waals surface area contributed by atoms with Crippen LogP contribution in [0.2, 0.25) is 0 Å². The summed E-state index contributed by atoms with van der Waals surface area (Å²) in [5.74, 6) is -0.436. The van der Waals surface area contributed by atoms with Crippen molar-refractivity contribution in [2.24, 2.45) is 11.8 Å². The van der Waals surface area contributed by atoms with Crippen molar-refractivity contribution in [3.8, 4) is 0 Å². The van der Waals surface area contributed by atoms with E-state index in [1.807, 2.05) is 6.92 Å². The summed E-state index contributed by atoms with van der Waals surface area (Å²) in [6.45, 7) is 2.35. The molecule has 2 fully saturated rings. The molecule has 0 radical (unpaired) electrons. The van der Waals surface area contributed by atoms with Crippen LogP contribution in [-0.4, -0.2) is 51.4 Å². The van der Waals surface area contributed by atoms with E-state index in [9.17, 15) is 18.0 Å². The molecule has 1 amide bonds. The van der Waals surface area contributed by atoms with E-state index in [0.29, 0.717) is 13.0 Å². The van der Waals surface area contributed by atoms with Gasteiger partial charge in [-0.05, 0) is 18.1 Å². The number of cyclic esters (lactones) is 1. The van der Waals surface area contributed by atoms with Gasteiger partial charge < -0.3 is 19.6 Å². The molecule has 26 heavy (non-hydrogen) atoms. The monoisotopic (exact) mass is 381 g/mol. The summed E-state index contributed by atoms with van der Waals surface area (Å²) in [6.07, 6.45) is -0.0522. The Labute approximate surface area is 153 Å². The van der Waals surface area contributed by atoms with Crippen molar-refractivity contribution in [1.29, 1.82) is 0 Å². The van der Waals surface area contributed by atoms with Crippen molar-refractivity contribution in [2.75, 3.05) is 12.3 Å². The Morgan fingerprint density at radius 1 is 1.23 bits per heavy atom. The summed E-state index contributed by atoms with van der Waals surface area (Å²) in [6, 6.07) is 8.29. The first kappa shape index (κ1) is 18.8. The molecule has 2 aliphatic heterocycles. The SMILES string of the molecule is C[C@H]1C(C[C@H]2CNC(=O)O2)O[C@@H](CC=O)[C@@H]1CS(=O)(=O)c1ccccc1. The number of ether oxygens (including phenoxy) is 2. The Morgan fingerprint density at radius 3 is 2.58 bits per heavy atom. The molecular weight excluding hydrogens is 358 g/mol. The third-order valence-corrected chi connectivity index (χ3v) is 6.99. The van der Waals surface area contributed by atoms with Gasteiger partial charge >= 0.3 is 6.09 Å². The molecule has 2 saturated heterocycles. The van der Waals surface area contributed by atoms with E-state index in [-0.39, 0.29) is 41.1 Å². The molecule has 0 saturated carbocycles. The summed E-state index contributed by atoms with van der Waals surface area (Å²) in [5, 5.41) is 2.60. The predicted octanol–water partition coefficient (Wildman–Crippen LogP) is 1.57. The van der Waals surface area contributed by atoms with Crippen LogP contribution in [0.15, 0.2) is 35.2 Å². The number of nitrogens with one attached hydrogen (secondary N) is 1. The average Bonchev–Trinajstić information content (AvgIpc) is 3.14. The largest absolute Gasteiger partial charge is 0.444 e. The minimum atomic E-state index is -3.48. The maximum Gasteiger partial charge on any atom is 0.407 e. The summed E-state index contributed by atoms with van der Waals surface area (Å²) in [4.78, 5) is 22.5. The normalized spacial score (nSPS) is 31.4. The van der Waals surface area contributed by atoms with E-state index >= 15 is 0 Å². The van der Waals surface area contributed by atoms with Gasteiger partial charge in [0.1, 0.15) is 12.4 Å². The molecule has 1 unspecified atom stereocenters. The number of rotatable bonds is 7. The highest BCUT2D eigenvalue weighted by Crippen LogP contribution is 2.38. The van der Waals surface area contributed by atoms with E-state index in [1.54, 1.807) is 30.3 Å². The zero-order valence-corrected chi connectivity index (χ0v) is 15.4. The molecule has 1 aromatic carbocycles. The molecule has 7 nitrogen and oxygen atoms in total. The van der Waals surface area contributed by atoms with E-state index in [0.717, 1.165) is 6.29 Å². The Balaban J connectivity index is 1.73. The number of alkyl carbamates (subject to hydrolysis) is 1. The fourth-order valence-electron chi connectivity index (χ4n) is 3.72. The maximum atomic E-state index is 12.8. The summed E-state index contributed by atoms with van der Waals surface area (Å²) < 4.78 is 36.7. The van der Waals surface area contributed by atoms with Gasteiger partial charge in [-0.2, -0.15) is 0 Å². The van der Waals surface area contributed by atoms with E-state index in [2.05, 4.69) is 5.32 Å². The highest BCUT2D eigenvalue weighted by atomic mass is 32.2. The van der Waals surface area contributed by atoms with Gasteiger partial charge in [0.2, 0.25) is 0 Å². The molecule has 2 heterocycles. The molecule has 142 valence electrons. The first-order valence-electron chi connectivity index (χ1n) is 8.72. The number of carbonyl (C=O) groups is 2. The average molecular weight is 381 g/mol. The fourth-order valence-corrected chi connectivity index (χ4v) is 5.51. The second-order valence-corrected chi connectivity index (χ2v) is 8.91. The molecule has 3 rings (SSSR count). The Hall–Kier alpha value is -1.93. The van der Waals surface area contributed by atoms with Crippen molar-refractivity contribution in [3.05, 3.63) is 30.3 Å². The van der Waals surface area contributed by atoms with Gasteiger partial charge in [-0.1, -0.05) is 25.1 Å². The number of hydrogen-bond acceptors (Lipinski definition) is 6. The third-order valence-electron chi connectivity index (χ3n) is 5.17. The number of amides is 1. The second-order valence-electron chi connectivity index (χ2n) is 6.88. The zero-order valence-electron chi connectivity index (χ0n) is 14.5. The molecule has 8 heteroatoms. The second kappa shape index (κ2) is 7.75. The van der Waals surface area contributed by atoms with Gasteiger partial charge in [-0.15, -0.1) is 0 Å². The Bertz CT molecular complexity index is 750. The topological polar surface area (TPSA) is 98.8 Å². The highest BCUT2D eigenvalue weighted by Gasteiger charge is 2.45. The molecule has 0 aromatic heterocycles. The Kier molecular flexibility index (Phi) is 5.62. The highest BCUT2D eigenvalue weighted by molar-refractivity contribution is 7.91. The van der Waals surface area contributed by atoms with Crippen molar-refractivity contribution >= 4 is 22.2 Å². The maximum absolute atomic E-state index is 12.8. The lowest BCUT2D eigenvalue weighted by Gasteiger charge is -2.21. The summed E-state index contributed by atoms with van der Waals surface area (Å²) >= 11 is 0.